The van der Waals surface area contributed by atoms with Crippen molar-refractivity contribution in [2.45, 2.75) is 25.2 Å². The van der Waals surface area contributed by atoms with Crippen molar-refractivity contribution >= 4 is 11.9 Å². The van der Waals surface area contributed by atoms with E-state index < -0.39 is 30.2 Å². The summed E-state index contributed by atoms with van der Waals surface area (Å²) in [6, 6.07) is -2.79. The van der Waals surface area contributed by atoms with Gasteiger partial charge in [-0.05, 0) is 0 Å². The molecule has 3 N–H and O–H groups in total. The Balaban J connectivity index is 4.73. The number of amides is 1. The lowest BCUT2D eigenvalue weighted by atomic mass is 10.1. The first kappa shape index (κ1) is 12.7. The van der Waals surface area contributed by atoms with E-state index in [1.54, 1.807) is 0 Å². The highest BCUT2D eigenvalue weighted by Gasteiger charge is 2.47. The Labute approximate surface area is 76.5 Å². The number of carboxylic acid groups (broad SMARTS) is 1. The van der Waals surface area contributed by atoms with Crippen LogP contribution in [0.15, 0.2) is 0 Å². The molecule has 0 heterocycles. The van der Waals surface area contributed by atoms with Crippen molar-refractivity contribution < 1.29 is 33.0 Å². The Morgan fingerprint density at radius 1 is 1.36 bits per heavy atom. The maximum atomic E-state index is 12.1. The highest BCUT2D eigenvalue weighted by molar-refractivity contribution is 5.77. The molecule has 82 valence electrons. The van der Waals surface area contributed by atoms with Gasteiger partial charge in [-0.2, -0.15) is 13.2 Å². The van der Waals surface area contributed by atoms with Crippen molar-refractivity contribution in [3.63, 3.8) is 0 Å². The first-order chi connectivity index (χ1) is 6.16. The summed E-state index contributed by atoms with van der Waals surface area (Å²) in [6.07, 6.45) is -7.72. The molecule has 5 nitrogen and oxygen atoms in total. The van der Waals surface area contributed by atoms with Crippen LogP contribution in [0.2, 0.25) is 0 Å². The van der Waals surface area contributed by atoms with Gasteiger partial charge in [0.1, 0.15) is 0 Å². The molecule has 0 radical (unpaired) electrons. The molecule has 14 heavy (non-hydrogen) atoms. The third-order valence-electron chi connectivity index (χ3n) is 1.28. The third-order valence-corrected chi connectivity index (χ3v) is 1.28. The van der Waals surface area contributed by atoms with Crippen molar-refractivity contribution in [2.75, 3.05) is 0 Å². The van der Waals surface area contributed by atoms with Crippen LogP contribution in [0.25, 0.3) is 0 Å². The van der Waals surface area contributed by atoms with Crippen LogP contribution in [0.4, 0.5) is 13.2 Å². The number of carbonyl (C=O) groups excluding carboxylic acids is 1. The summed E-state index contributed by atoms with van der Waals surface area (Å²) in [4.78, 5) is 20.4. The number of aliphatic hydroxyl groups is 1. The fourth-order valence-corrected chi connectivity index (χ4v) is 0.701. The fraction of sp³-hybridized carbons (Fsp3) is 0.667. The largest absolute Gasteiger partial charge is 0.479 e. The Morgan fingerprint density at radius 2 is 1.79 bits per heavy atom. The normalized spacial score (nSPS) is 15.8. The van der Waals surface area contributed by atoms with Crippen LogP contribution in [-0.4, -0.2) is 40.4 Å². The average molecular weight is 215 g/mol. The fourth-order valence-electron chi connectivity index (χ4n) is 0.701. The molecule has 0 aromatic rings. The number of halogens is 3. The maximum Gasteiger partial charge on any atom is 0.411 e. The van der Waals surface area contributed by atoms with Gasteiger partial charge in [0.25, 0.3) is 0 Å². The lowest BCUT2D eigenvalue weighted by Gasteiger charge is -2.22. The van der Waals surface area contributed by atoms with Crippen molar-refractivity contribution in [2.24, 2.45) is 0 Å². The Morgan fingerprint density at radius 3 is 2.00 bits per heavy atom. The Hall–Kier alpha value is -1.31. The lowest BCUT2D eigenvalue weighted by Crippen LogP contribution is -2.54. The molecular weight excluding hydrogens is 207 g/mol. The van der Waals surface area contributed by atoms with Crippen LogP contribution in [0, 0.1) is 0 Å². The molecule has 1 amide bonds. The minimum Gasteiger partial charge on any atom is -0.479 e. The predicted molar refractivity (Wildman–Crippen MR) is 37.3 cm³/mol. The summed E-state index contributed by atoms with van der Waals surface area (Å²) >= 11 is 0. The zero-order valence-electron chi connectivity index (χ0n) is 7.00. The predicted octanol–water partition coefficient (Wildman–Crippen LogP) is -0.501. The van der Waals surface area contributed by atoms with Gasteiger partial charge in [-0.25, -0.2) is 4.79 Å². The number of hydrogen-bond donors (Lipinski definition) is 3. The highest BCUT2D eigenvalue weighted by Crippen LogP contribution is 2.22. The van der Waals surface area contributed by atoms with Crippen LogP contribution in [-0.2, 0) is 9.59 Å². The second kappa shape index (κ2) is 4.27. The summed E-state index contributed by atoms with van der Waals surface area (Å²) in [7, 11) is 0. The van der Waals surface area contributed by atoms with E-state index in [2.05, 4.69) is 0 Å². The zero-order valence-corrected chi connectivity index (χ0v) is 7.00. The molecule has 0 unspecified atom stereocenters. The molecule has 0 aliphatic heterocycles. The minimum absolute atomic E-state index is 0.785. The van der Waals surface area contributed by atoms with E-state index in [4.69, 9.17) is 10.2 Å². The van der Waals surface area contributed by atoms with Gasteiger partial charge in [-0.15, -0.1) is 0 Å². The molecule has 2 atom stereocenters. The van der Waals surface area contributed by atoms with Crippen molar-refractivity contribution in [1.82, 2.24) is 5.32 Å². The summed E-state index contributed by atoms with van der Waals surface area (Å²) in [5, 5.41) is 18.1. The van der Waals surface area contributed by atoms with Gasteiger partial charge in [0.05, 0.1) is 0 Å². The standard InChI is InChI=1S/C6H8F3NO4/c1-2(11)10-4(6(7,8)9)3(12)5(13)14/h3-4,12H,1H3,(H,10,11)(H,13,14)/t3-,4+/m1/s1. The van der Waals surface area contributed by atoms with E-state index in [1.807, 2.05) is 0 Å². The Kier molecular flexibility index (Phi) is 3.87. The summed E-state index contributed by atoms with van der Waals surface area (Å²) in [5.74, 6) is -3.13. The first-order valence-corrected chi connectivity index (χ1v) is 3.41. The van der Waals surface area contributed by atoms with E-state index in [-0.39, 0.29) is 0 Å². The molecule has 8 heteroatoms. The van der Waals surface area contributed by atoms with Gasteiger partial charge in [-0.1, -0.05) is 0 Å². The third kappa shape index (κ3) is 3.60. The van der Waals surface area contributed by atoms with Crippen molar-refractivity contribution in [1.29, 1.82) is 0 Å². The van der Waals surface area contributed by atoms with Crippen LogP contribution in [0.1, 0.15) is 6.92 Å². The van der Waals surface area contributed by atoms with Gasteiger partial charge < -0.3 is 15.5 Å². The molecule has 0 aliphatic rings. The molecule has 0 fully saturated rings. The number of carboxylic acids is 1. The number of hydrogen-bond acceptors (Lipinski definition) is 3. The number of carbonyl (C=O) groups is 2. The summed E-state index contributed by atoms with van der Waals surface area (Å²) in [6.45, 7) is 0.785. The van der Waals surface area contributed by atoms with Crippen LogP contribution < -0.4 is 5.32 Å². The number of rotatable bonds is 3. The van der Waals surface area contributed by atoms with Crippen molar-refractivity contribution in [3.05, 3.63) is 0 Å². The lowest BCUT2D eigenvalue weighted by molar-refractivity contribution is -0.190. The average Bonchev–Trinajstić information content (AvgIpc) is 1.96. The number of aliphatic hydroxyl groups excluding tert-OH is 1. The molecule has 0 aliphatic carbocycles. The number of nitrogens with one attached hydrogen (secondary N) is 1. The van der Waals surface area contributed by atoms with Crippen LogP contribution in [0.3, 0.4) is 0 Å². The molecule has 0 saturated heterocycles. The van der Waals surface area contributed by atoms with E-state index in [9.17, 15) is 22.8 Å². The van der Waals surface area contributed by atoms with Crippen LogP contribution in [0.5, 0.6) is 0 Å². The first-order valence-electron chi connectivity index (χ1n) is 3.41. The van der Waals surface area contributed by atoms with Gasteiger partial charge in [0.2, 0.25) is 5.91 Å². The SMILES string of the molecule is CC(=O)N[C@@H]([C@@H](O)C(=O)O)C(F)(F)F. The summed E-state index contributed by atoms with van der Waals surface area (Å²) < 4.78 is 36.2. The van der Waals surface area contributed by atoms with Crippen molar-refractivity contribution in [3.8, 4) is 0 Å². The van der Waals surface area contributed by atoms with E-state index in [0.29, 0.717) is 0 Å². The monoisotopic (exact) mass is 215 g/mol. The number of aliphatic carboxylic acids is 1. The molecule has 0 saturated carbocycles. The molecule has 0 spiro atoms. The summed E-state index contributed by atoms with van der Waals surface area (Å²) in [5.41, 5.74) is 0. The Bertz CT molecular complexity index is 240. The molecule has 0 aromatic heterocycles. The van der Waals surface area contributed by atoms with Gasteiger partial charge >= 0.3 is 12.1 Å². The molecule has 0 aromatic carbocycles. The van der Waals surface area contributed by atoms with Gasteiger partial charge in [-0.3, -0.25) is 4.79 Å². The molecular formula is C6H8F3NO4. The molecule has 0 rings (SSSR count). The van der Waals surface area contributed by atoms with E-state index in [0.717, 1.165) is 6.92 Å². The zero-order chi connectivity index (χ0) is 11.5. The van der Waals surface area contributed by atoms with E-state index in [1.165, 1.54) is 5.32 Å². The quantitative estimate of drug-likeness (QED) is 0.592. The van der Waals surface area contributed by atoms with Gasteiger partial charge in [0, 0.05) is 6.92 Å². The smallest absolute Gasteiger partial charge is 0.411 e. The second-order valence-electron chi connectivity index (χ2n) is 2.50. The van der Waals surface area contributed by atoms with Gasteiger partial charge in [0.15, 0.2) is 12.1 Å². The molecule has 0 bridgehead atoms. The maximum absolute atomic E-state index is 12.1. The number of alkyl halides is 3. The second-order valence-corrected chi connectivity index (χ2v) is 2.50. The highest BCUT2D eigenvalue weighted by atomic mass is 19.4. The van der Waals surface area contributed by atoms with E-state index >= 15 is 0 Å². The minimum atomic E-state index is -5.01. The topological polar surface area (TPSA) is 86.6 Å². The van der Waals surface area contributed by atoms with Crippen LogP contribution >= 0.6 is 0 Å².